The minimum Gasteiger partial charge on any atom is -0.478 e. The summed E-state index contributed by atoms with van der Waals surface area (Å²) in [5.41, 5.74) is 0.0562. The van der Waals surface area contributed by atoms with Crippen LogP contribution < -0.4 is 0 Å². The Morgan fingerprint density at radius 3 is 3.00 bits per heavy atom. The maximum absolute atomic E-state index is 13.6. The van der Waals surface area contributed by atoms with Gasteiger partial charge in [0.05, 0.1) is 11.3 Å². The Hall–Kier alpha value is -1.89. The molecular formula is C13H11FN2O3S. The van der Waals surface area contributed by atoms with Crippen molar-refractivity contribution in [3.63, 3.8) is 0 Å². The smallest absolute Gasteiger partial charge is 0.335 e. The predicted molar refractivity (Wildman–Crippen MR) is 69.2 cm³/mol. The van der Waals surface area contributed by atoms with Crippen molar-refractivity contribution in [1.29, 1.82) is 0 Å². The number of carbonyl (C=O) groups is 1. The molecule has 1 aromatic carbocycles. The summed E-state index contributed by atoms with van der Waals surface area (Å²) in [5.74, 6) is 0.329. The molecule has 0 radical (unpaired) electrons. The van der Waals surface area contributed by atoms with Crippen molar-refractivity contribution in [2.24, 2.45) is 0 Å². The molecule has 1 heterocycles. The van der Waals surface area contributed by atoms with Crippen molar-refractivity contribution in [2.45, 2.75) is 29.4 Å². The fourth-order valence-electron chi connectivity index (χ4n) is 1.71. The molecule has 3 rings (SSSR count). The maximum atomic E-state index is 13.6. The molecule has 0 atom stereocenters. The van der Waals surface area contributed by atoms with Crippen LogP contribution in [0.25, 0.3) is 0 Å². The van der Waals surface area contributed by atoms with Crippen LogP contribution in [0.4, 0.5) is 4.39 Å². The van der Waals surface area contributed by atoms with Crippen LogP contribution in [0.5, 0.6) is 0 Å². The van der Waals surface area contributed by atoms with Crippen molar-refractivity contribution in [3.05, 3.63) is 41.3 Å². The number of aromatic carboxylic acids is 1. The molecule has 1 aliphatic rings. The number of hydrogen-bond acceptors (Lipinski definition) is 5. The first-order valence-corrected chi connectivity index (χ1v) is 7.10. The van der Waals surface area contributed by atoms with E-state index in [-0.39, 0.29) is 10.5 Å². The molecule has 1 N–H and O–H groups in total. The van der Waals surface area contributed by atoms with E-state index in [1.807, 2.05) is 0 Å². The van der Waals surface area contributed by atoms with Crippen LogP contribution in [0.1, 0.15) is 40.8 Å². The lowest BCUT2D eigenvalue weighted by Gasteiger charge is -2.02. The van der Waals surface area contributed by atoms with Gasteiger partial charge in [-0.25, -0.2) is 9.18 Å². The molecule has 0 spiro atoms. The summed E-state index contributed by atoms with van der Waals surface area (Å²) in [6.07, 6.45) is 2.15. The van der Waals surface area contributed by atoms with E-state index in [1.54, 1.807) is 0 Å². The van der Waals surface area contributed by atoms with Gasteiger partial charge in [0.2, 0.25) is 5.89 Å². The Balaban J connectivity index is 1.70. The van der Waals surface area contributed by atoms with Crippen molar-refractivity contribution < 1.29 is 18.8 Å². The average Bonchev–Trinajstić information content (AvgIpc) is 3.17. The van der Waals surface area contributed by atoms with Crippen molar-refractivity contribution >= 4 is 17.7 Å². The number of nitrogens with zero attached hydrogens (tertiary/aromatic N) is 2. The van der Waals surface area contributed by atoms with E-state index in [1.165, 1.54) is 12.1 Å². The fraction of sp³-hybridized carbons (Fsp3) is 0.308. The number of aromatic nitrogens is 2. The summed E-state index contributed by atoms with van der Waals surface area (Å²) in [6.45, 7) is 0. The molecule has 0 bridgehead atoms. The third-order valence-electron chi connectivity index (χ3n) is 2.95. The maximum Gasteiger partial charge on any atom is 0.335 e. The third-order valence-corrected chi connectivity index (χ3v) is 3.97. The molecule has 0 aliphatic heterocycles. The van der Waals surface area contributed by atoms with Crippen molar-refractivity contribution in [3.8, 4) is 0 Å². The van der Waals surface area contributed by atoms with Gasteiger partial charge in [0, 0.05) is 10.8 Å². The molecule has 5 nitrogen and oxygen atoms in total. The SMILES string of the molecule is O=C(O)c1ccc(F)c(SCc2noc(C3CC3)n2)c1. The summed E-state index contributed by atoms with van der Waals surface area (Å²) in [6, 6.07) is 3.70. The topological polar surface area (TPSA) is 76.2 Å². The van der Waals surface area contributed by atoms with Gasteiger partial charge >= 0.3 is 5.97 Å². The first-order valence-electron chi connectivity index (χ1n) is 6.11. The van der Waals surface area contributed by atoms with E-state index in [4.69, 9.17) is 9.63 Å². The lowest BCUT2D eigenvalue weighted by atomic mass is 10.2. The normalized spacial score (nSPS) is 14.4. The Bertz CT molecular complexity index is 655. The summed E-state index contributed by atoms with van der Waals surface area (Å²) in [4.78, 5) is 15.4. The fourth-order valence-corrected chi connectivity index (χ4v) is 2.53. The van der Waals surface area contributed by atoms with Crippen LogP contribution in [-0.4, -0.2) is 21.2 Å². The van der Waals surface area contributed by atoms with Crippen LogP contribution in [0, 0.1) is 5.82 Å². The number of thioether (sulfide) groups is 1. The zero-order valence-electron chi connectivity index (χ0n) is 10.4. The van der Waals surface area contributed by atoms with E-state index >= 15 is 0 Å². The van der Waals surface area contributed by atoms with Gasteiger partial charge in [-0.1, -0.05) is 5.16 Å². The van der Waals surface area contributed by atoms with Crippen LogP contribution in [0.3, 0.4) is 0 Å². The predicted octanol–water partition coefficient (Wildman–Crippen LogP) is 3.08. The van der Waals surface area contributed by atoms with Crippen LogP contribution in [-0.2, 0) is 5.75 Å². The van der Waals surface area contributed by atoms with Gasteiger partial charge in [-0.05, 0) is 31.0 Å². The van der Waals surface area contributed by atoms with Gasteiger partial charge in [-0.3, -0.25) is 0 Å². The van der Waals surface area contributed by atoms with Crippen LogP contribution >= 0.6 is 11.8 Å². The Labute approximate surface area is 118 Å². The highest BCUT2D eigenvalue weighted by Crippen LogP contribution is 2.39. The van der Waals surface area contributed by atoms with Gasteiger partial charge in [0.1, 0.15) is 5.82 Å². The zero-order chi connectivity index (χ0) is 14.1. The van der Waals surface area contributed by atoms with E-state index in [9.17, 15) is 9.18 Å². The Kier molecular flexibility index (Phi) is 3.43. The monoisotopic (exact) mass is 294 g/mol. The second kappa shape index (κ2) is 5.24. The van der Waals surface area contributed by atoms with Gasteiger partial charge in [-0.15, -0.1) is 11.8 Å². The minimum absolute atomic E-state index is 0.0562. The van der Waals surface area contributed by atoms with Gasteiger partial charge in [-0.2, -0.15) is 4.98 Å². The molecule has 0 amide bonds. The highest BCUT2D eigenvalue weighted by molar-refractivity contribution is 7.98. The lowest BCUT2D eigenvalue weighted by molar-refractivity contribution is 0.0696. The number of hydrogen-bond donors (Lipinski definition) is 1. The number of rotatable bonds is 5. The van der Waals surface area contributed by atoms with Crippen LogP contribution in [0.2, 0.25) is 0 Å². The first kappa shape index (κ1) is 13.1. The summed E-state index contributed by atoms with van der Waals surface area (Å²) in [7, 11) is 0. The van der Waals surface area contributed by atoms with E-state index in [0.29, 0.717) is 23.4 Å². The summed E-state index contributed by atoms with van der Waals surface area (Å²) in [5, 5.41) is 12.7. The van der Waals surface area contributed by atoms with E-state index < -0.39 is 11.8 Å². The van der Waals surface area contributed by atoms with Gasteiger partial charge in [0.15, 0.2) is 5.82 Å². The molecule has 0 unspecified atom stereocenters. The highest BCUT2D eigenvalue weighted by Gasteiger charge is 2.29. The standard InChI is InChI=1S/C13H11FN2O3S/c14-9-4-3-8(13(17)18)5-10(9)20-6-11-15-12(19-16-11)7-1-2-7/h3-5,7H,1-2,6H2,(H,17,18). The minimum atomic E-state index is -1.08. The molecule has 7 heteroatoms. The molecule has 1 saturated carbocycles. The first-order chi connectivity index (χ1) is 9.63. The number of benzene rings is 1. The molecule has 1 aromatic heterocycles. The summed E-state index contributed by atoms with van der Waals surface area (Å²) < 4.78 is 18.7. The average molecular weight is 294 g/mol. The zero-order valence-corrected chi connectivity index (χ0v) is 11.2. The second-order valence-electron chi connectivity index (χ2n) is 4.56. The van der Waals surface area contributed by atoms with E-state index in [0.717, 1.165) is 30.7 Å². The van der Waals surface area contributed by atoms with Crippen LogP contribution in [0.15, 0.2) is 27.6 Å². The largest absolute Gasteiger partial charge is 0.478 e. The second-order valence-corrected chi connectivity index (χ2v) is 5.58. The van der Waals surface area contributed by atoms with E-state index in [2.05, 4.69) is 10.1 Å². The summed E-state index contributed by atoms with van der Waals surface area (Å²) >= 11 is 1.15. The number of carboxylic acids is 1. The lowest BCUT2D eigenvalue weighted by Crippen LogP contribution is -1.97. The number of carboxylic acid groups (broad SMARTS) is 1. The van der Waals surface area contributed by atoms with Crippen molar-refractivity contribution in [1.82, 2.24) is 10.1 Å². The Morgan fingerprint density at radius 2 is 2.30 bits per heavy atom. The molecule has 0 saturated heterocycles. The molecule has 2 aromatic rings. The van der Waals surface area contributed by atoms with Crippen molar-refractivity contribution in [2.75, 3.05) is 0 Å². The Morgan fingerprint density at radius 1 is 1.50 bits per heavy atom. The molecule has 104 valence electrons. The molecule has 20 heavy (non-hydrogen) atoms. The number of halogens is 1. The molecule has 1 aliphatic carbocycles. The molecular weight excluding hydrogens is 283 g/mol. The molecule has 1 fully saturated rings. The quantitative estimate of drug-likeness (QED) is 0.854. The van der Waals surface area contributed by atoms with Gasteiger partial charge in [0.25, 0.3) is 0 Å². The third kappa shape index (κ3) is 2.82. The van der Waals surface area contributed by atoms with Gasteiger partial charge < -0.3 is 9.63 Å². The highest BCUT2D eigenvalue weighted by atomic mass is 32.2.